The minimum atomic E-state index is -5.60. The molecule has 0 spiro atoms. The smallest absolute Gasteiger partial charge is 0.352 e. The number of nitrogens with one attached hydrogen (secondary N) is 1. The van der Waals surface area contributed by atoms with E-state index in [0.717, 1.165) is 10.6 Å². The Hall–Kier alpha value is -0.950. The molecule has 18 heteroatoms. The van der Waals surface area contributed by atoms with Crippen LogP contribution in [0.1, 0.15) is 19.6 Å². The van der Waals surface area contributed by atoms with E-state index in [1.807, 2.05) is 4.98 Å². The number of ether oxygens (including phenoxy) is 1. The maximum Gasteiger partial charge on any atom is 0.490 e. The van der Waals surface area contributed by atoms with Gasteiger partial charge in [-0.05, 0) is 12.3 Å². The van der Waals surface area contributed by atoms with Gasteiger partial charge in [0.05, 0.1) is 12.7 Å². The Bertz CT molecular complexity index is 966. The fourth-order valence-corrected chi connectivity index (χ4v) is 5.40. The third-order valence-corrected chi connectivity index (χ3v) is 7.32. The molecule has 1 aliphatic rings. The summed E-state index contributed by atoms with van der Waals surface area (Å²) in [6.07, 6.45) is -0.179. The lowest BCUT2D eigenvalue weighted by atomic mass is 10.0. The second-order valence-electron chi connectivity index (χ2n) is 5.75. The Morgan fingerprint density at radius 1 is 1.18 bits per heavy atom. The van der Waals surface area contributed by atoms with E-state index in [1.54, 1.807) is 6.92 Å². The maximum atomic E-state index is 11.8. The van der Waals surface area contributed by atoms with Crippen LogP contribution in [0, 0.1) is 5.92 Å². The molecule has 1 saturated heterocycles. The lowest BCUT2D eigenvalue weighted by Gasteiger charge is -2.19. The molecular weight excluding hydrogens is 449 g/mol. The van der Waals surface area contributed by atoms with Crippen molar-refractivity contribution in [1.82, 2.24) is 9.55 Å². The van der Waals surface area contributed by atoms with Gasteiger partial charge in [-0.2, -0.15) is 8.62 Å². The van der Waals surface area contributed by atoms with Crippen LogP contribution < -0.4 is 11.2 Å². The predicted molar refractivity (Wildman–Crippen MR) is 88.8 cm³/mol. The van der Waals surface area contributed by atoms with Crippen LogP contribution >= 0.6 is 23.5 Å². The zero-order valence-corrected chi connectivity index (χ0v) is 16.7. The number of phosphoric acid groups is 3. The SMILES string of the molecule is CC1CC(n2ccc(=O)[nH]c2=O)OC1COP(=O)(O)OP(=O)(O)OP(=O)(O)O. The van der Waals surface area contributed by atoms with Crippen LogP contribution in [0.3, 0.4) is 0 Å². The summed E-state index contributed by atoms with van der Waals surface area (Å²) < 4.78 is 51.9. The van der Waals surface area contributed by atoms with Crippen molar-refractivity contribution < 1.29 is 51.2 Å². The molecule has 0 aromatic carbocycles. The molecule has 0 saturated carbocycles. The average Bonchev–Trinajstić information content (AvgIpc) is 2.82. The van der Waals surface area contributed by atoms with Gasteiger partial charge in [0.1, 0.15) is 6.23 Å². The van der Waals surface area contributed by atoms with Gasteiger partial charge in [0, 0.05) is 12.3 Å². The number of H-pyrrole nitrogens is 1. The summed E-state index contributed by atoms with van der Waals surface area (Å²) in [5, 5.41) is 0. The van der Waals surface area contributed by atoms with Crippen molar-refractivity contribution in [3.05, 3.63) is 33.1 Å². The van der Waals surface area contributed by atoms with Crippen LogP contribution in [0.15, 0.2) is 21.9 Å². The van der Waals surface area contributed by atoms with Gasteiger partial charge in [-0.1, -0.05) is 6.92 Å². The second kappa shape index (κ2) is 8.42. The largest absolute Gasteiger partial charge is 0.490 e. The summed E-state index contributed by atoms with van der Waals surface area (Å²) in [5.74, 6) is -0.309. The Kier molecular flexibility index (Phi) is 7.02. The monoisotopic (exact) mass is 466 g/mol. The molecule has 2 heterocycles. The van der Waals surface area contributed by atoms with Crippen molar-refractivity contribution in [2.75, 3.05) is 6.61 Å². The van der Waals surface area contributed by atoms with Crippen molar-refractivity contribution in [3.8, 4) is 0 Å². The van der Waals surface area contributed by atoms with E-state index in [1.165, 1.54) is 6.20 Å². The first kappa shape index (κ1) is 23.3. The van der Waals surface area contributed by atoms with Crippen molar-refractivity contribution in [2.45, 2.75) is 25.7 Å². The van der Waals surface area contributed by atoms with E-state index in [4.69, 9.17) is 19.4 Å². The van der Waals surface area contributed by atoms with Crippen LogP contribution in [0.25, 0.3) is 0 Å². The molecule has 160 valence electrons. The summed E-state index contributed by atoms with van der Waals surface area (Å²) in [5.41, 5.74) is -1.32. The first-order chi connectivity index (χ1) is 12.7. The highest BCUT2D eigenvalue weighted by Crippen LogP contribution is 2.66. The normalized spacial score (nSPS) is 27.2. The number of nitrogens with zero attached hydrogens (tertiary/aromatic N) is 1. The summed E-state index contributed by atoms with van der Waals surface area (Å²) in [6, 6.07) is 1.11. The lowest BCUT2D eigenvalue weighted by molar-refractivity contribution is -0.0308. The molecule has 0 bridgehead atoms. The van der Waals surface area contributed by atoms with Crippen LogP contribution in [0.4, 0.5) is 0 Å². The molecule has 28 heavy (non-hydrogen) atoms. The number of phosphoric ester groups is 1. The molecule has 5 unspecified atom stereocenters. The molecule has 0 amide bonds. The minimum absolute atomic E-state index is 0.274. The lowest BCUT2D eigenvalue weighted by Crippen LogP contribution is -2.31. The van der Waals surface area contributed by atoms with Gasteiger partial charge in [0.15, 0.2) is 0 Å². The molecule has 2 rings (SSSR count). The zero-order chi connectivity index (χ0) is 21.3. The van der Waals surface area contributed by atoms with E-state index < -0.39 is 53.7 Å². The highest BCUT2D eigenvalue weighted by Gasteiger charge is 2.42. The van der Waals surface area contributed by atoms with Crippen LogP contribution in [0.2, 0.25) is 0 Å². The number of hydrogen-bond donors (Lipinski definition) is 5. The molecule has 1 fully saturated rings. The van der Waals surface area contributed by atoms with Crippen LogP contribution in [0.5, 0.6) is 0 Å². The molecule has 5 atom stereocenters. The highest BCUT2D eigenvalue weighted by molar-refractivity contribution is 7.66. The van der Waals surface area contributed by atoms with Gasteiger partial charge in [-0.15, -0.1) is 0 Å². The quantitative estimate of drug-likeness (QED) is 0.314. The first-order valence-corrected chi connectivity index (χ1v) is 11.9. The molecule has 5 N–H and O–H groups in total. The van der Waals surface area contributed by atoms with Crippen LogP contribution in [-0.4, -0.2) is 41.8 Å². The third kappa shape index (κ3) is 6.83. The molecule has 1 aromatic rings. The van der Waals surface area contributed by atoms with Gasteiger partial charge in [-0.3, -0.25) is 18.9 Å². The van der Waals surface area contributed by atoms with E-state index >= 15 is 0 Å². The molecule has 1 aromatic heterocycles. The summed E-state index contributed by atoms with van der Waals surface area (Å²) in [7, 11) is -16.4. The minimum Gasteiger partial charge on any atom is -0.352 e. The standard InChI is InChI=1S/C10H17N2O13P3/c1-6-4-9(12-3-2-8(13)11-10(12)14)23-7(6)5-22-27(18,19)25-28(20,21)24-26(15,16)17/h2-3,6-7,9H,4-5H2,1H3,(H,18,19)(H,20,21)(H,11,13,14)(H2,15,16,17). The summed E-state index contributed by atoms with van der Waals surface area (Å²) in [4.78, 5) is 60.4. The molecule has 1 aliphatic heterocycles. The summed E-state index contributed by atoms with van der Waals surface area (Å²) in [6.45, 7) is 1.04. The van der Waals surface area contributed by atoms with Gasteiger partial charge < -0.3 is 24.3 Å². The zero-order valence-electron chi connectivity index (χ0n) is 14.1. The Morgan fingerprint density at radius 2 is 1.82 bits per heavy atom. The topological polar surface area (TPSA) is 224 Å². The maximum absolute atomic E-state index is 11.8. The molecular formula is C10H17N2O13P3. The van der Waals surface area contributed by atoms with E-state index in [2.05, 4.69) is 13.1 Å². The Morgan fingerprint density at radius 3 is 2.39 bits per heavy atom. The van der Waals surface area contributed by atoms with Gasteiger partial charge in [0.2, 0.25) is 0 Å². The van der Waals surface area contributed by atoms with Crippen molar-refractivity contribution in [2.24, 2.45) is 5.92 Å². The van der Waals surface area contributed by atoms with E-state index in [-0.39, 0.29) is 12.3 Å². The van der Waals surface area contributed by atoms with Gasteiger partial charge in [0.25, 0.3) is 5.56 Å². The second-order valence-corrected chi connectivity index (χ2v) is 10.2. The molecule has 0 radical (unpaired) electrons. The molecule has 0 aliphatic carbocycles. The number of rotatable bonds is 8. The van der Waals surface area contributed by atoms with Crippen molar-refractivity contribution >= 4 is 23.5 Å². The van der Waals surface area contributed by atoms with Crippen LogP contribution in [-0.2, 0) is 31.6 Å². The highest BCUT2D eigenvalue weighted by atomic mass is 31.3. The van der Waals surface area contributed by atoms with E-state index in [9.17, 15) is 28.2 Å². The fraction of sp³-hybridized carbons (Fsp3) is 0.600. The summed E-state index contributed by atoms with van der Waals surface area (Å²) >= 11 is 0. The number of aromatic nitrogens is 2. The first-order valence-electron chi connectivity index (χ1n) is 7.43. The van der Waals surface area contributed by atoms with Crippen molar-refractivity contribution in [3.63, 3.8) is 0 Å². The fourth-order valence-electron chi connectivity index (χ4n) is 2.37. The number of hydrogen-bond acceptors (Lipinski definition) is 9. The predicted octanol–water partition coefficient (Wildman–Crippen LogP) is -0.197. The Balaban J connectivity index is 1.99. The average molecular weight is 466 g/mol. The number of aromatic amines is 1. The molecule has 15 nitrogen and oxygen atoms in total. The van der Waals surface area contributed by atoms with Gasteiger partial charge >= 0.3 is 29.2 Å². The van der Waals surface area contributed by atoms with E-state index in [0.29, 0.717) is 0 Å². The third-order valence-electron chi connectivity index (χ3n) is 3.52. The van der Waals surface area contributed by atoms with Crippen molar-refractivity contribution in [1.29, 1.82) is 0 Å². The Labute approximate surface area is 156 Å². The van der Waals surface area contributed by atoms with Gasteiger partial charge in [-0.25, -0.2) is 18.5 Å².